The molecule has 1 N–H and O–H groups in total. The maximum absolute atomic E-state index is 12.6. The number of rotatable bonds is 13. The lowest BCUT2D eigenvalue weighted by atomic mass is 10.0. The molecule has 0 radical (unpaired) electrons. The summed E-state index contributed by atoms with van der Waals surface area (Å²) in [6.45, 7) is 8.51. The summed E-state index contributed by atoms with van der Waals surface area (Å²) in [7, 11) is 0. The van der Waals surface area contributed by atoms with Gasteiger partial charge in [0.1, 0.15) is 5.60 Å². The van der Waals surface area contributed by atoms with Crippen molar-refractivity contribution in [3.05, 3.63) is 35.7 Å². The average molecular weight is 529 g/mol. The molecule has 0 aliphatic carbocycles. The Morgan fingerprint density at radius 1 is 1.05 bits per heavy atom. The average Bonchev–Trinajstić information content (AvgIpc) is 3.37. The molecule has 9 nitrogen and oxygen atoms in total. The van der Waals surface area contributed by atoms with Gasteiger partial charge in [0, 0.05) is 12.1 Å². The van der Waals surface area contributed by atoms with Crippen molar-refractivity contribution in [2.45, 2.75) is 104 Å². The highest BCUT2D eigenvalue weighted by atomic mass is 16.6. The Balaban J connectivity index is 1.40. The molecule has 0 bridgehead atoms. The van der Waals surface area contributed by atoms with Gasteiger partial charge in [-0.2, -0.15) is 4.98 Å². The SMILES string of the molecule is CCCCCCCCCCc1ccc(-c2noc(CNC(=O)[C@H]3CN(C(=O)OC(C)(C)C)CCO3)n2)cc1. The van der Waals surface area contributed by atoms with Crippen molar-refractivity contribution in [3.63, 3.8) is 0 Å². The lowest BCUT2D eigenvalue weighted by Crippen LogP contribution is -2.52. The highest BCUT2D eigenvalue weighted by molar-refractivity contribution is 5.82. The van der Waals surface area contributed by atoms with Crippen LogP contribution < -0.4 is 5.32 Å². The van der Waals surface area contributed by atoms with Crippen LogP contribution in [0.1, 0.15) is 90.5 Å². The molecule has 3 rings (SSSR count). The van der Waals surface area contributed by atoms with Gasteiger partial charge >= 0.3 is 6.09 Å². The zero-order chi connectivity index (χ0) is 27.4. The van der Waals surface area contributed by atoms with Crippen LogP contribution in [0.15, 0.2) is 28.8 Å². The normalized spacial score (nSPS) is 15.9. The molecular formula is C29H44N4O5. The molecule has 1 aliphatic heterocycles. The second-order valence-electron chi connectivity index (χ2n) is 10.9. The molecule has 0 saturated carbocycles. The van der Waals surface area contributed by atoms with Gasteiger partial charge in [-0.05, 0) is 39.2 Å². The molecule has 1 saturated heterocycles. The van der Waals surface area contributed by atoms with Crippen LogP contribution in [0.4, 0.5) is 4.79 Å². The maximum Gasteiger partial charge on any atom is 0.410 e. The van der Waals surface area contributed by atoms with Gasteiger partial charge in [0.15, 0.2) is 6.10 Å². The molecule has 9 heteroatoms. The van der Waals surface area contributed by atoms with Crippen molar-refractivity contribution in [2.75, 3.05) is 19.7 Å². The number of aryl methyl sites for hydroxylation is 1. The molecule has 1 aliphatic rings. The summed E-state index contributed by atoms with van der Waals surface area (Å²) in [5, 5.41) is 6.81. The second kappa shape index (κ2) is 14.9. The maximum atomic E-state index is 12.6. The zero-order valence-electron chi connectivity index (χ0n) is 23.5. The summed E-state index contributed by atoms with van der Waals surface area (Å²) in [5.41, 5.74) is 1.58. The van der Waals surface area contributed by atoms with Crippen molar-refractivity contribution in [2.24, 2.45) is 0 Å². The molecule has 2 heterocycles. The molecule has 0 unspecified atom stereocenters. The highest BCUT2D eigenvalue weighted by Crippen LogP contribution is 2.19. The number of unbranched alkanes of at least 4 members (excludes halogenated alkanes) is 7. The van der Waals surface area contributed by atoms with Crippen LogP contribution in [0.3, 0.4) is 0 Å². The molecule has 38 heavy (non-hydrogen) atoms. The Morgan fingerprint density at radius 2 is 1.74 bits per heavy atom. The van der Waals surface area contributed by atoms with Crippen LogP contribution in [0.2, 0.25) is 0 Å². The third kappa shape index (κ3) is 10.1. The van der Waals surface area contributed by atoms with E-state index >= 15 is 0 Å². The van der Waals surface area contributed by atoms with Gasteiger partial charge in [-0.1, -0.05) is 81.3 Å². The minimum Gasteiger partial charge on any atom is -0.444 e. The fourth-order valence-electron chi connectivity index (χ4n) is 4.30. The standard InChI is InChI=1S/C29H44N4O5/c1-5-6-7-8-9-10-11-12-13-22-14-16-23(17-15-22)26-31-25(38-32-26)20-30-27(34)24-21-33(18-19-36-24)28(35)37-29(2,3)4/h14-17,24H,5-13,18-21H2,1-4H3,(H,30,34)/t24-/m1/s1. The number of carbonyl (C=O) groups excluding carboxylic acids is 2. The van der Waals surface area contributed by atoms with Crippen molar-refractivity contribution in [1.82, 2.24) is 20.4 Å². The minimum atomic E-state index is -0.785. The fraction of sp³-hybridized carbons (Fsp3) is 0.655. The van der Waals surface area contributed by atoms with Crippen LogP contribution in [0.5, 0.6) is 0 Å². The summed E-state index contributed by atoms with van der Waals surface area (Å²) < 4.78 is 16.3. The van der Waals surface area contributed by atoms with E-state index in [1.165, 1.54) is 61.8 Å². The first-order chi connectivity index (χ1) is 18.2. The predicted octanol–water partition coefficient (Wildman–Crippen LogP) is 5.67. The summed E-state index contributed by atoms with van der Waals surface area (Å²) in [5.74, 6) is 0.442. The molecule has 2 amide bonds. The molecule has 1 aromatic carbocycles. The van der Waals surface area contributed by atoms with Crippen molar-refractivity contribution in [3.8, 4) is 11.4 Å². The van der Waals surface area contributed by atoms with Gasteiger partial charge in [0.2, 0.25) is 11.7 Å². The Morgan fingerprint density at radius 3 is 2.42 bits per heavy atom. The highest BCUT2D eigenvalue weighted by Gasteiger charge is 2.31. The number of amides is 2. The van der Waals surface area contributed by atoms with Gasteiger partial charge in [0.25, 0.3) is 5.91 Å². The first kappa shape index (κ1) is 29.6. The van der Waals surface area contributed by atoms with E-state index in [4.69, 9.17) is 14.0 Å². The Labute approximate surface area is 226 Å². The third-order valence-corrected chi connectivity index (χ3v) is 6.42. The summed E-state index contributed by atoms with van der Waals surface area (Å²) in [6, 6.07) is 8.25. The van der Waals surface area contributed by atoms with Gasteiger partial charge in [-0.25, -0.2) is 4.79 Å². The number of carbonyl (C=O) groups is 2. The van der Waals surface area contributed by atoms with E-state index in [1.54, 1.807) is 20.8 Å². The van der Waals surface area contributed by atoms with E-state index in [2.05, 4.69) is 34.5 Å². The Hall–Kier alpha value is -2.94. The number of hydrogen-bond donors (Lipinski definition) is 1. The minimum absolute atomic E-state index is 0.0780. The van der Waals surface area contributed by atoms with E-state index in [0.29, 0.717) is 18.3 Å². The van der Waals surface area contributed by atoms with E-state index in [9.17, 15) is 9.59 Å². The van der Waals surface area contributed by atoms with Crippen LogP contribution in [-0.4, -0.2) is 58.4 Å². The fourth-order valence-corrected chi connectivity index (χ4v) is 4.30. The first-order valence-electron chi connectivity index (χ1n) is 14.0. The van der Waals surface area contributed by atoms with Crippen molar-refractivity contribution >= 4 is 12.0 Å². The largest absolute Gasteiger partial charge is 0.444 e. The quantitative estimate of drug-likeness (QED) is 0.334. The summed E-state index contributed by atoms with van der Waals surface area (Å²) in [6.07, 6.45) is 10.4. The van der Waals surface area contributed by atoms with Crippen LogP contribution in [0, 0.1) is 0 Å². The van der Waals surface area contributed by atoms with Gasteiger partial charge in [0.05, 0.1) is 19.7 Å². The number of benzene rings is 1. The van der Waals surface area contributed by atoms with Gasteiger partial charge in [-0.3, -0.25) is 4.79 Å². The molecule has 1 atom stereocenters. The number of nitrogens with zero attached hydrogens (tertiary/aromatic N) is 3. The van der Waals surface area contributed by atoms with E-state index in [0.717, 1.165) is 12.0 Å². The van der Waals surface area contributed by atoms with Crippen LogP contribution >= 0.6 is 0 Å². The van der Waals surface area contributed by atoms with Crippen molar-refractivity contribution in [1.29, 1.82) is 0 Å². The molecule has 2 aromatic rings. The lowest BCUT2D eigenvalue weighted by molar-refractivity contribution is -0.138. The number of aromatic nitrogens is 2. The first-order valence-corrected chi connectivity index (χ1v) is 14.0. The number of hydrogen-bond acceptors (Lipinski definition) is 7. The number of morpholine rings is 1. The molecule has 0 spiro atoms. The number of ether oxygens (including phenoxy) is 2. The van der Waals surface area contributed by atoms with Gasteiger partial charge < -0.3 is 24.2 Å². The molecule has 210 valence electrons. The Kier molecular flexibility index (Phi) is 11.6. The van der Waals surface area contributed by atoms with E-state index in [1.807, 2.05) is 12.1 Å². The summed E-state index contributed by atoms with van der Waals surface area (Å²) >= 11 is 0. The summed E-state index contributed by atoms with van der Waals surface area (Å²) in [4.78, 5) is 30.8. The monoisotopic (exact) mass is 528 g/mol. The molecular weight excluding hydrogens is 484 g/mol. The zero-order valence-corrected chi connectivity index (χ0v) is 23.5. The predicted molar refractivity (Wildman–Crippen MR) is 145 cm³/mol. The smallest absolute Gasteiger partial charge is 0.410 e. The van der Waals surface area contributed by atoms with Crippen molar-refractivity contribution < 1.29 is 23.6 Å². The van der Waals surface area contributed by atoms with Gasteiger partial charge in [-0.15, -0.1) is 0 Å². The Bertz CT molecular complexity index is 999. The van der Waals surface area contributed by atoms with Crippen LogP contribution in [0.25, 0.3) is 11.4 Å². The number of nitrogens with one attached hydrogen (secondary N) is 1. The molecule has 1 fully saturated rings. The van der Waals surface area contributed by atoms with E-state index < -0.39 is 17.8 Å². The third-order valence-electron chi connectivity index (χ3n) is 6.42. The second-order valence-corrected chi connectivity index (χ2v) is 10.9. The van der Waals surface area contributed by atoms with Crippen LogP contribution in [-0.2, 0) is 27.2 Å². The topological polar surface area (TPSA) is 107 Å². The lowest BCUT2D eigenvalue weighted by Gasteiger charge is -2.33. The molecule has 1 aromatic heterocycles. The van der Waals surface area contributed by atoms with E-state index in [-0.39, 0.29) is 25.6 Å².